The second-order valence-electron chi connectivity index (χ2n) is 6.76. The summed E-state index contributed by atoms with van der Waals surface area (Å²) in [6.07, 6.45) is 3.35. The van der Waals surface area contributed by atoms with Gasteiger partial charge in [-0.3, -0.25) is 0 Å². The Labute approximate surface area is 132 Å². The van der Waals surface area contributed by atoms with Crippen LogP contribution in [0.4, 0.5) is 5.82 Å². The molecular formula is C16H23N3O2S. The van der Waals surface area contributed by atoms with E-state index in [1.807, 2.05) is 19.9 Å². The molecule has 0 saturated carbocycles. The zero-order valence-electron chi connectivity index (χ0n) is 13.6. The van der Waals surface area contributed by atoms with Crippen LogP contribution < -0.4 is 4.90 Å². The molecule has 0 spiro atoms. The molecule has 3 rings (SSSR count). The maximum atomic E-state index is 12.0. The molecule has 0 radical (unpaired) electrons. The highest BCUT2D eigenvalue weighted by Gasteiger charge is 2.39. The first-order valence-electron chi connectivity index (χ1n) is 7.49. The van der Waals surface area contributed by atoms with Crippen LogP contribution in [0, 0.1) is 6.92 Å². The Morgan fingerprint density at radius 3 is 2.55 bits per heavy atom. The van der Waals surface area contributed by atoms with Gasteiger partial charge in [-0.25, -0.2) is 8.42 Å². The van der Waals surface area contributed by atoms with Crippen molar-refractivity contribution in [3.05, 3.63) is 36.0 Å². The van der Waals surface area contributed by atoms with Crippen molar-refractivity contribution in [1.29, 1.82) is 0 Å². The zero-order chi connectivity index (χ0) is 16.1. The van der Waals surface area contributed by atoms with Gasteiger partial charge in [0, 0.05) is 36.9 Å². The van der Waals surface area contributed by atoms with E-state index >= 15 is 0 Å². The Bertz CT molecular complexity index is 808. The third-order valence-electron chi connectivity index (χ3n) is 4.31. The Hall–Kier alpha value is -1.53. The highest BCUT2D eigenvalue weighted by molar-refractivity contribution is 7.88. The van der Waals surface area contributed by atoms with Crippen molar-refractivity contribution in [2.24, 2.45) is 0 Å². The van der Waals surface area contributed by atoms with Crippen molar-refractivity contribution in [2.45, 2.75) is 26.3 Å². The monoisotopic (exact) mass is 321 g/mol. The summed E-state index contributed by atoms with van der Waals surface area (Å²) in [5.74, 6) is 1.13. The van der Waals surface area contributed by atoms with Crippen molar-refractivity contribution in [1.82, 2.24) is 8.71 Å². The van der Waals surface area contributed by atoms with Crippen LogP contribution in [0.5, 0.6) is 0 Å². The molecule has 2 aromatic rings. The first-order valence-corrected chi connectivity index (χ1v) is 9.34. The Morgan fingerprint density at radius 1 is 1.18 bits per heavy atom. The van der Waals surface area contributed by atoms with Gasteiger partial charge in [-0.2, -0.15) is 4.31 Å². The van der Waals surface area contributed by atoms with Crippen LogP contribution in [0.1, 0.15) is 19.4 Å². The van der Waals surface area contributed by atoms with E-state index in [1.54, 1.807) is 4.31 Å². The Morgan fingerprint density at radius 2 is 1.91 bits per heavy atom. The fraction of sp³-hybridized carbons (Fsp3) is 0.500. The minimum absolute atomic E-state index is 0.422. The van der Waals surface area contributed by atoms with E-state index in [4.69, 9.17) is 0 Å². The number of sulfonamides is 1. The topological polar surface area (TPSA) is 45.0 Å². The lowest BCUT2D eigenvalue weighted by molar-refractivity contribution is 0.205. The van der Waals surface area contributed by atoms with Crippen LogP contribution >= 0.6 is 0 Å². The largest absolute Gasteiger partial charge is 0.355 e. The Balaban J connectivity index is 1.99. The lowest BCUT2D eigenvalue weighted by Gasteiger charge is -2.46. The van der Waals surface area contributed by atoms with Crippen LogP contribution in [0.3, 0.4) is 0 Å². The van der Waals surface area contributed by atoms with Crippen LogP contribution in [-0.2, 0) is 10.0 Å². The second kappa shape index (κ2) is 4.99. The molecule has 6 heteroatoms. The smallest absolute Gasteiger partial charge is 0.211 e. The van der Waals surface area contributed by atoms with Crippen LogP contribution in [-0.4, -0.2) is 48.6 Å². The normalized spacial score (nSPS) is 19.7. The maximum Gasteiger partial charge on any atom is 0.211 e. The summed E-state index contributed by atoms with van der Waals surface area (Å²) in [4.78, 5) is 2.28. The number of aromatic nitrogens is 1. The highest BCUT2D eigenvalue weighted by atomic mass is 32.2. The molecule has 0 aliphatic carbocycles. The van der Waals surface area contributed by atoms with E-state index < -0.39 is 15.6 Å². The first kappa shape index (κ1) is 15.4. The molecular weight excluding hydrogens is 298 g/mol. The van der Waals surface area contributed by atoms with E-state index in [0.717, 1.165) is 5.82 Å². The first-order chi connectivity index (χ1) is 10.2. The molecule has 0 N–H and O–H groups in total. The van der Waals surface area contributed by atoms with E-state index in [9.17, 15) is 8.42 Å². The van der Waals surface area contributed by atoms with Gasteiger partial charge in [0.1, 0.15) is 5.82 Å². The molecule has 0 bridgehead atoms. The van der Waals surface area contributed by atoms with Crippen molar-refractivity contribution < 1.29 is 8.42 Å². The molecule has 22 heavy (non-hydrogen) atoms. The lowest BCUT2D eigenvalue weighted by atomic mass is 10.0. The highest BCUT2D eigenvalue weighted by Crippen LogP contribution is 2.29. The molecule has 120 valence electrons. The van der Waals surface area contributed by atoms with Crippen LogP contribution in [0.15, 0.2) is 30.5 Å². The van der Waals surface area contributed by atoms with Crippen molar-refractivity contribution in [3.63, 3.8) is 0 Å². The van der Waals surface area contributed by atoms with Gasteiger partial charge >= 0.3 is 0 Å². The summed E-state index contributed by atoms with van der Waals surface area (Å²) in [6, 6.07) is 8.45. The average molecular weight is 321 g/mol. The molecule has 0 atom stereocenters. The molecule has 1 fully saturated rings. The number of fused-ring (bicyclic) bond motifs is 1. The number of hydrogen-bond donors (Lipinski definition) is 0. The standard InChI is InChI=1S/C16H23N3O2S/c1-13-10-14-6-5-7-18(14)15(11-13)17-8-9-19(22(4,20)21)16(2,3)12-17/h5-7,10-11H,8-9,12H2,1-4H3. The second-order valence-corrected chi connectivity index (χ2v) is 8.67. The van der Waals surface area contributed by atoms with E-state index in [2.05, 4.69) is 40.6 Å². The predicted octanol–water partition coefficient (Wildman–Crippen LogP) is 2.11. The number of hydrogen-bond acceptors (Lipinski definition) is 3. The van der Waals surface area contributed by atoms with Gasteiger partial charge in [0.25, 0.3) is 0 Å². The number of nitrogens with zero attached hydrogens (tertiary/aromatic N) is 3. The summed E-state index contributed by atoms with van der Waals surface area (Å²) in [5.41, 5.74) is 1.96. The maximum absolute atomic E-state index is 12.0. The molecule has 1 aliphatic rings. The quantitative estimate of drug-likeness (QED) is 0.851. The van der Waals surface area contributed by atoms with Gasteiger partial charge < -0.3 is 9.30 Å². The molecule has 5 nitrogen and oxygen atoms in total. The van der Waals surface area contributed by atoms with Gasteiger partial charge in [-0.05, 0) is 50.6 Å². The van der Waals surface area contributed by atoms with E-state index in [1.165, 1.54) is 17.3 Å². The summed E-state index contributed by atoms with van der Waals surface area (Å²) >= 11 is 0. The van der Waals surface area contributed by atoms with Gasteiger partial charge in [-0.1, -0.05) is 0 Å². The van der Waals surface area contributed by atoms with Crippen LogP contribution in [0.2, 0.25) is 0 Å². The fourth-order valence-corrected chi connectivity index (χ4v) is 4.83. The third-order valence-corrected chi connectivity index (χ3v) is 5.79. The van der Waals surface area contributed by atoms with Gasteiger partial charge in [-0.15, -0.1) is 0 Å². The molecule has 3 heterocycles. The molecule has 1 aliphatic heterocycles. The number of rotatable bonds is 2. The third kappa shape index (κ3) is 2.61. The molecule has 0 amide bonds. The van der Waals surface area contributed by atoms with Crippen molar-refractivity contribution in [3.8, 4) is 0 Å². The summed E-state index contributed by atoms with van der Waals surface area (Å²) in [7, 11) is -3.18. The Kier molecular flexibility index (Phi) is 3.49. The van der Waals surface area contributed by atoms with E-state index in [0.29, 0.717) is 19.6 Å². The SMILES string of the molecule is Cc1cc(N2CCN(S(C)(=O)=O)C(C)(C)C2)n2cccc2c1. The molecule has 0 aromatic carbocycles. The van der Waals surface area contributed by atoms with Crippen molar-refractivity contribution >= 4 is 21.4 Å². The average Bonchev–Trinajstić information content (AvgIpc) is 2.82. The number of piperazine rings is 1. The van der Waals surface area contributed by atoms with Crippen LogP contribution in [0.25, 0.3) is 5.52 Å². The zero-order valence-corrected chi connectivity index (χ0v) is 14.4. The fourth-order valence-electron chi connectivity index (χ4n) is 3.46. The molecule has 1 saturated heterocycles. The number of aryl methyl sites for hydroxylation is 1. The summed E-state index contributed by atoms with van der Waals surface area (Å²) in [5, 5.41) is 0. The van der Waals surface area contributed by atoms with Crippen molar-refractivity contribution in [2.75, 3.05) is 30.8 Å². The number of anilines is 1. The minimum Gasteiger partial charge on any atom is -0.355 e. The van der Waals surface area contributed by atoms with E-state index in [-0.39, 0.29) is 0 Å². The lowest BCUT2D eigenvalue weighted by Crippen LogP contribution is -2.61. The predicted molar refractivity (Wildman–Crippen MR) is 90.0 cm³/mol. The van der Waals surface area contributed by atoms with Gasteiger partial charge in [0.2, 0.25) is 10.0 Å². The van der Waals surface area contributed by atoms with Gasteiger partial charge in [0.05, 0.1) is 6.26 Å². The number of pyridine rings is 1. The summed E-state index contributed by atoms with van der Waals surface area (Å²) in [6.45, 7) is 7.96. The molecule has 2 aromatic heterocycles. The summed E-state index contributed by atoms with van der Waals surface area (Å²) < 4.78 is 27.7. The molecule has 0 unspecified atom stereocenters. The minimum atomic E-state index is -3.18. The van der Waals surface area contributed by atoms with Gasteiger partial charge in [0.15, 0.2) is 0 Å².